The van der Waals surface area contributed by atoms with E-state index in [2.05, 4.69) is 25.9 Å². The smallest absolute Gasteiger partial charge is 0.339 e. The van der Waals surface area contributed by atoms with Crippen LogP contribution in [0.4, 0.5) is 4.39 Å². The quantitative estimate of drug-likeness (QED) is 0.937. The molecule has 98 valence electrons. The molecule has 0 radical (unpaired) electrons. The maximum absolute atomic E-state index is 13.7. The van der Waals surface area contributed by atoms with Gasteiger partial charge in [-0.2, -0.15) is 9.37 Å². The van der Waals surface area contributed by atoms with Crippen LogP contribution in [0.3, 0.4) is 0 Å². The Kier molecular flexibility index (Phi) is 3.75. The number of aromatic carboxylic acids is 1. The van der Waals surface area contributed by atoms with Crippen LogP contribution in [0, 0.1) is 12.7 Å². The van der Waals surface area contributed by atoms with Crippen LogP contribution in [-0.4, -0.2) is 21.0 Å². The van der Waals surface area contributed by atoms with Crippen LogP contribution in [0.1, 0.15) is 16.1 Å². The van der Waals surface area contributed by atoms with Gasteiger partial charge < -0.3 is 9.84 Å². The average molecular weight is 327 g/mol. The molecule has 2 rings (SSSR count). The summed E-state index contributed by atoms with van der Waals surface area (Å²) in [5, 5.41) is 9.06. The molecule has 19 heavy (non-hydrogen) atoms. The van der Waals surface area contributed by atoms with Gasteiger partial charge in [-0.15, -0.1) is 0 Å². The molecule has 1 aromatic heterocycles. The first-order valence-corrected chi connectivity index (χ1v) is 5.96. The van der Waals surface area contributed by atoms with E-state index in [1.165, 1.54) is 19.1 Å². The van der Waals surface area contributed by atoms with Gasteiger partial charge in [0.2, 0.25) is 5.82 Å². The van der Waals surface area contributed by atoms with Crippen molar-refractivity contribution in [2.24, 2.45) is 0 Å². The minimum Gasteiger partial charge on any atom is -0.478 e. The fraction of sp³-hybridized carbons (Fsp3) is 0.0833. The van der Waals surface area contributed by atoms with E-state index in [4.69, 9.17) is 9.84 Å². The molecule has 7 heteroatoms. The van der Waals surface area contributed by atoms with Crippen molar-refractivity contribution in [2.45, 2.75) is 6.92 Å². The minimum absolute atomic E-state index is 0.00713. The molecule has 5 nitrogen and oxygen atoms in total. The number of carbonyl (C=O) groups is 1. The standard InChI is InChI=1S/C12H8BrFN2O3/c1-6-10(14)11(16-5-15-6)19-9-3-2-7(13)4-8(9)12(17)18/h2-5H,1H3,(H,17,18). The van der Waals surface area contributed by atoms with Crippen LogP contribution < -0.4 is 4.74 Å². The number of carboxylic acids is 1. The maximum Gasteiger partial charge on any atom is 0.339 e. The molecule has 0 aliphatic carbocycles. The third-order valence-corrected chi connectivity index (χ3v) is 2.80. The zero-order valence-electron chi connectivity index (χ0n) is 9.72. The number of ether oxygens (including phenoxy) is 1. The summed E-state index contributed by atoms with van der Waals surface area (Å²) in [6.45, 7) is 1.46. The molecule has 0 saturated heterocycles. The normalized spacial score (nSPS) is 10.3. The first kappa shape index (κ1) is 13.4. The van der Waals surface area contributed by atoms with Gasteiger partial charge in [0, 0.05) is 4.47 Å². The summed E-state index contributed by atoms with van der Waals surface area (Å²) in [4.78, 5) is 18.4. The summed E-state index contributed by atoms with van der Waals surface area (Å²) < 4.78 is 19.5. The fourth-order valence-electron chi connectivity index (χ4n) is 1.37. The number of halogens is 2. The van der Waals surface area contributed by atoms with Crippen LogP contribution in [0.15, 0.2) is 29.0 Å². The second-order valence-corrected chi connectivity index (χ2v) is 4.54. The Bertz CT molecular complexity index is 649. The molecule has 0 bridgehead atoms. The highest BCUT2D eigenvalue weighted by Gasteiger charge is 2.16. The number of carboxylic acid groups (broad SMARTS) is 1. The molecule has 0 atom stereocenters. The molecule has 1 aromatic carbocycles. The van der Waals surface area contributed by atoms with Crippen molar-refractivity contribution >= 4 is 21.9 Å². The van der Waals surface area contributed by atoms with Crippen LogP contribution in [0.25, 0.3) is 0 Å². The number of nitrogens with zero attached hydrogens (tertiary/aromatic N) is 2. The van der Waals surface area contributed by atoms with Gasteiger partial charge in [0.1, 0.15) is 17.6 Å². The third-order valence-electron chi connectivity index (χ3n) is 2.31. The molecule has 0 unspecified atom stereocenters. The van der Waals surface area contributed by atoms with Crippen molar-refractivity contribution in [1.29, 1.82) is 0 Å². The third kappa shape index (κ3) is 2.87. The fourth-order valence-corrected chi connectivity index (χ4v) is 1.73. The summed E-state index contributed by atoms with van der Waals surface area (Å²) in [5.74, 6) is -2.20. The Balaban J connectivity index is 2.44. The van der Waals surface area contributed by atoms with E-state index in [1.54, 1.807) is 6.07 Å². The molecule has 1 heterocycles. The molecular weight excluding hydrogens is 319 g/mol. The maximum atomic E-state index is 13.7. The van der Waals surface area contributed by atoms with E-state index in [0.29, 0.717) is 4.47 Å². The average Bonchev–Trinajstić information content (AvgIpc) is 2.36. The van der Waals surface area contributed by atoms with Gasteiger partial charge in [-0.25, -0.2) is 9.78 Å². The lowest BCUT2D eigenvalue weighted by Crippen LogP contribution is -2.02. The van der Waals surface area contributed by atoms with E-state index in [9.17, 15) is 9.18 Å². The Morgan fingerprint density at radius 1 is 1.42 bits per heavy atom. The predicted molar refractivity (Wildman–Crippen MR) is 67.9 cm³/mol. The summed E-state index contributed by atoms with van der Waals surface area (Å²) in [6.07, 6.45) is 1.15. The molecule has 0 amide bonds. The summed E-state index contributed by atoms with van der Waals surface area (Å²) >= 11 is 3.16. The number of hydrogen-bond donors (Lipinski definition) is 1. The highest BCUT2D eigenvalue weighted by molar-refractivity contribution is 9.10. The van der Waals surface area contributed by atoms with Gasteiger partial charge in [-0.1, -0.05) is 15.9 Å². The van der Waals surface area contributed by atoms with Crippen LogP contribution in [-0.2, 0) is 0 Å². The first-order chi connectivity index (χ1) is 8.99. The van der Waals surface area contributed by atoms with Gasteiger partial charge in [0.05, 0.1) is 5.69 Å². The first-order valence-electron chi connectivity index (χ1n) is 5.17. The van der Waals surface area contributed by atoms with Gasteiger partial charge in [0.15, 0.2) is 0 Å². The second-order valence-electron chi connectivity index (χ2n) is 3.63. The largest absolute Gasteiger partial charge is 0.478 e. The molecule has 1 N–H and O–H groups in total. The summed E-state index contributed by atoms with van der Waals surface area (Å²) in [5.41, 5.74) is 0.0315. The van der Waals surface area contributed by atoms with Gasteiger partial charge in [-0.05, 0) is 25.1 Å². The van der Waals surface area contributed by atoms with E-state index in [0.717, 1.165) is 6.33 Å². The SMILES string of the molecule is Cc1ncnc(Oc2ccc(Br)cc2C(=O)O)c1F. The number of hydrogen-bond acceptors (Lipinski definition) is 4. The Hall–Kier alpha value is -2.02. The molecule has 0 aliphatic heterocycles. The Morgan fingerprint density at radius 2 is 2.16 bits per heavy atom. The summed E-state index contributed by atoms with van der Waals surface area (Å²) in [7, 11) is 0. The lowest BCUT2D eigenvalue weighted by molar-refractivity contribution is 0.0694. The van der Waals surface area contributed by atoms with Crippen molar-refractivity contribution < 1.29 is 19.0 Å². The monoisotopic (exact) mass is 326 g/mol. The molecule has 0 aliphatic rings. The van der Waals surface area contributed by atoms with Crippen molar-refractivity contribution in [1.82, 2.24) is 9.97 Å². The molecule has 0 saturated carbocycles. The van der Waals surface area contributed by atoms with Crippen molar-refractivity contribution in [3.63, 3.8) is 0 Å². The molecule has 0 spiro atoms. The number of rotatable bonds is 3. The Labute approximate surface area is 116 Å². The van der Waals surface area contributed by atoms with Gasteiger partial charge in [-0.3, -0.25) is 0 Å². The zero-order valence-corrected chi connectivity index (χ0v) is 11.3. The topological polar surface area (TPSA) is 72.3 Å². The molecular formula is C12H8BrFN2O3. The summed E-state index contributed by atoms with van der Waals surface area (Å²) in [6, 6.07) is 4.38. The highest BCUT2D eigenvalue weighted by atomic mass is 79.9. The minimum atomic E-state index is -1.18. The molecule has 0 fully saturated rings. The number of aryl methyl sites for hydroxylation is 1. The van der Waals surface area contributed by atoms with Gasteiger partial charge >= 0.3 is 5.97 Å². The van der Waals surface area contributed by atoms with Crippen LogP contribution >= 0.6 is 15.9 Å². The van der Waals surface area contributed by atoms with E-state index in [1.807, 2.05) is 0 Å². The van der Waals surface area contributed by atoms with Crippen molar-refractivity contribution in [2.75, 3.05) is 0 Å². The zero-order chi connectivity index (χ0) is 14.0. The van der Waals surface area contributed by atoms with Crippen molar-refractivity contribution in [3.05, 3.63) is 46.1 Å². The van der Waals surface area contributed by atoms with E-state index >= 15 is 0 Å². The Morgan fingerprint density at radius 3 is 2.84 bits per heavy atom. The van der Waals surface area contributed by atoms with Crippen LogP contribution in [0.5, 0.6) is 11.6 Å². The van der Waals surface area contributed by atoms with Crippen LogP contribution in [0.2, 0.25) is 0 Å². The second kappa shape index (κ2) is 5.31. The number of aromatic nitrogens is 2. The lowest BCUT2D eigenvalue weighted by atomic mass is 10.2. The number of benzene rings is 1. The highest BCUT2D eigenvalue weighted by Crippen LogP contribution is 2.28. The van der Waals surface area contributed by atoms with Gasteiger partial charge in [0.25, 0.3) is 5.88 Å². The molecule has 2 aromatic rings. The van der Waals surface area contributed by atoms with E-state index < -0.39 is 11.8 Å². The lowest BCUT2D eigenvalue weighted by Gasteiger charge is -2.09. The van der Waals surface area contributed by atoms with Crippen molar-refractivity contribution in [3.8, 4) is 11.6 Å². The predicted octanol–water partition coefficient (Wildman–Crippen LogP) is 3.18. The van der Waals surface area contributed by atoms with E-state index in [-0.39, 0.29) is 22.9 Å².